The Balaban J connectivity index is 2.21. The van der Waals surface area contributed by atoms with Gasteiger partial charge in [0.2, 0.25) is 0 Å². The Bertz CT molecular complexity index is 972. The van der Waals surface area contributed by atoms with Gasteiger partial charge in [-0.3, -0.25) is 0 Å². The summed E-state index contributed by atoms with van der Waals surface area (Å²) in [6, 6.07) is 12.9. The molecule has 0 spiro atoms. The first kappa shape index (κ1) is 26.6. The summed E-state index contributed by atoms with van der Waals surface area (Å²) in [5.74, 6) is 1.63. The van der Waals surface area contributed by atoms with E-state index in [2.05, 4.69) is 79.0 Å². The van der Waals surface area contributed by atoms with Gasteiger partial charge >= 0.3 is 0 Å². The van der Waals surface area contributed by atoms with Crippen molar-refractivity contribution in [3.63, 3.8) is 0 Å². The molecule has 0 aliphatic heterocycles. The Morgan fingerprint density at radius 3 is 2.18 bits per heavy atom. The van der Waals surface area contributed by atoms with Crippen molar-refractivity contribution >= 4 is 32.1 Å². The van der Waals surface area contributed by atoms with E-state index in [0.29, 0.717) is 0 Å². The number of methoxy groups -OCH3 is 2. The van der Waals surface area contributed by atoms with Gasteiger partial charge in [-0.15, -0.1) is 0 Å². The zero-order chi connectivity index (χ0) is 23.9. The van der Waals surface area contributed by atoms with Crippen LogP contribution in [0.25, 0.3) is 18.2 Å². The molecule has 0 amide bonds. The summed E-state index contributed by atoms with van der Waals surface area (Å²) in [7, 11) is 6.24. The van der Waals surface area contributed by atoms with Gasteiger partial charge in [0, 0.05) is 17.7 Å². The first-order valence-electron chi connectivity index (χ1n) is 11.6. The average Bonchev–Trinajstić information content (AvgIpc) is 2.85. The van der Waals surface area contributed by atoms with E-state index in [-0.39, 0.29) is 0 Å². The summed E-state index contributed by atoms with van der Waals surface area (Å²) in [6.45, 7) is 5.12. The standard InChI is InChI=1S/C29H38NO2P/c1-6-8-20-33-27-17-13-24(14-18-27)12-16-26-22-28(31-4)25(21-29(26)32-5)15-11-23(7-2)10-9-19-30-3/h7,9-18,21-22,30,33H,6,8,19-20H2,1-5H3/b10-9-,15-11+,16-12+,23-7+. The molecule has 1 N–H and O–H groups in total. The molecule has 1 unspecified atom stereocenters. The predicted octanol–water partition coefficient (Wildman–Crippen LogP) is 6.71. The second kappa shape index (κ2) is 15.3. The van der Waals surface area contributed by atoms with E-state index >= 15 is 0 Å². The second-order valence-corrected chi connectivity index (χ2v) is 9.08. The van der Waals surface area contributed by atoms with E-state index < -0.39 is 0 Å². The lowest BCUT2D eigenvalue weighted by atomic mass is 10.1. The zero-order valence-corrected chi connectivity index (χ0v) is 21.7. The summed E-state index contributed by atoms with van der Waals surface area (Å²) in [5, 5.41) is 4.54. The van der Waals surface area contributed by atoms with Gasteiger partial charge in [-0.2, -0.15) is 0 Å². The molecule has 4 heteroatoms. The van der Waals surface area contributed by atoms with Crippen molar-refractivity contribution in [1.82, 2.24) is 5.32 Å². The van der Waals surface area contributed by atoms with Crippen LogP contribution in [0.4, 0.5) is 0 Å². The first-order chi connectivity index (χ1) is 16.1. The van der Waals surface area contributed by atoms with Gasteiger partial charge in [0.25, 0.3) is 0 Å². The molecule has 2 rings (SSSR count). The van der Waals surface area contributed by atoms with Gasteiger partial charge in [-0.25, -0.2) is 0 Å². The third-order valence-electron chi connectivity index (χ3n) is 5.23. The summed E-state index contributed by atoms with van der Waals surface area (Å²) >= 11 is 0. The molecule has 0 aromatic heterocycles. The highest BCUT2D eigenvalue weighted by molar-refractivity contribution is 7.47. The SMILES string of the molecule is C/C=C(\C=C/CNC)/C=C/c1cc(OC)c(/C=C/c2ccc(PCCCC)cc2)cc1OC. The van der Waals surface area contributed by atoms with E-state index in [1.165, 1.54) is 29.9 Å². The largest absolute Gasteiger partial charge is 0.496 e. The molecule has 0 bridgehead atoms. The van der Waals surface area contributed by atoms with Crippen molar-refractivity contribution in [1.29, 1.82) is 0 Å². The Hall–Kier alpha value is -2.61. The molecule has 0 radical (unpaired) electrons. The smallest absolute Gasteiger partial charge is 0.126 e. The molecule has 0 saturated heterocycles. The van der Waals surface area contributed by atoms with Crippen LogP contribution < -0.4 is 20.1 Å². The molecular weight excluding hydrogens is 425 g/mol. The van der Waals surface area contributed by atoms with Gasteiger partial charge in [-0.1, -0.05) is 88.7 Å². The number of hydrogen-bond donors (Lipinski definition) is 1. The van der Waals surface area contributed by atoms with Crippen LogP contribution in [0.2, 0.25) is 0 Å². The Morgan fingerprint density at radius 1 is 0.939 bits per heavy atom. The quantitative estimate of drug-likeness (QED) is 0.155. The number of allylic oxidation sites excluding steroid dienone is 4. The Labute approximate surface area is 202 Å². The lowest BCUT2D eigenvalue weighted by molar-refractivity contribution is 0.401. The minimum Gasteiger partial charge on any atom is -0.496 e. The number of hydrogen-bond acceptors (Lipinski definition) is 3. The van der Waals surface area contributed by atoms with Gasteiger partial charge in [-0.05, 0) is 55.1 Å². The maximum Gasteiger partial charge on any atom is 0.126 e. The van der Waals surface area contributed by atoms with Gasteiger partial charge in [0.05, 0.1) is 14.2 Å². The lowest BCUT2D eigenvalue weighted by Crippen LogP contribution is -2.03. The van der Waals surface area contributed by atoms with E-state index in [1.54, 1.807) is 14.2 Å². The fourth-order valence-corrected chi connectivity index (χ4v) is 4.48. The Morgan fingerprint density at radius 2 is 1.61 bits per heavy atom. The van der Waals surface area contributed by atoms with Crippen LogP contribution in [0.1, 0.15) is 43.4 Å². The van der Waals surface area contributed by atoms with Crippen LogP contribution in [0.5, 0.6) is 11.5 Å². The summed E-state index contributed by atoms with van der Waals surface area (Å²) < 4.78 is 11.4. The van der Waals surface area contributed by atoms with E-state index in [9.17, 15) is 0 Å². The maximum absolute atomic E-state index is 5.68. The van der Waals surface area contributed by atoms with Gasteiger partial charge in [0.1, 0.15) is 11.5 Å². The number of unbranched alkanes of at least 4 members (excludes halogenated alkanes) is 1. The lowest BCUT2D eigenvalue weighted by Gasteiger charge is -2.11. The molecule has 0 saturated carbocycles. The molecule has 0 aliphatic carbocycles. The number of ether oxygens (including phenoxy) is 2. The molecule has 0 heterocycles. The third-order valence-corrected chi connectivity index (χ3v) is 6.57. The summed E-state index contributed by atoms with van der Waals surface area (Å²) in [5.41, 5.74) is 4.27. The van der Waals surface area contributed by atoms with Crippen LogP contribution in [0, 0.1) is 0 Å². The van der Waals surface area contributed by atoms with Gasteiger partial charge in [0.15, 0.2) is 0 Å². The van der Waals surface area contributed by atoms with E-state index in [4.69, 9.17) is 9.47 Å². The highest BCUT2D eigenvalue weighted by Gasteiger charge is 2.08. The summed E-state index contributed by atoms with van der Waals surface area (Å²) in [6.07, 6.45) is 18.5. The minimum atomic E-state index is 0.814. The predicted molar refractivity (Wildman–Crippen MR) is 148 cm³/mol. The van der Waals surface area contributed by atoms with Crippen molar-refractivity contribution in [3.05, 3.63) is 83.0 Å². The normalized spacial score (nSPS) is 12.7. The van der Waals surface area contributed by atoms with Crippen LogP contribution in [0.3, 0.4) is 0 Å². The maximum atomic E-state index is 5.68. The van der Waals surface area contributed by atoms with Crippen LogP contribution >= 0.6 is 8.58 Å². The topological polar surface area (TPSA) is 30.5 Å². The number of rotatable bonds is 13. The summed E-state index contributed by atoms with van der Waals surface area (Å²) in [4.78, 5) is 0. The van der Waals surface area contributed by atoms with E-state index in [1.807, 2.05) is 26.1 Å². The number of benzene rings is 2. The van der Waals surface area contributed by atoms with Crippen molar-refractivity contribution in [2.45, 2.75) is 26.7 Å². The van der Waals surface area contributed by atoms with Crippen molar-refractivity contribution < 1.29 is 9.47 Å². The molecule has 2 aromatic carbocycles. The van der Waals surface area contributed by atoms with Crippen molar-refractivity contribution in [3.8, 4) is 11.5 Å². The second-order valence-electron chi connectivity index (χ2n) is 7.65. The average molecular weight is 464 g/mol. The van der Waals surface area contributed by atoms with Crippen molar-refractivity contribution in [2.24, 2.45) is 0 Å². The number of likely N-dealkylation sites (N-methyl/N-ethyl adjacent to an activating group) is 1. The van der Waals surface area contributed by atoms with Gasteiger partial charge < -0.3 is 14.8 Å². The van der Waals surface area contributed by atoms with Crippen LogP contribution in [-0.4, -0.2) is 34.0 Å². The molecule has 2 aromatic rings. The number of nitrogens with one attached hydrogen (secondary N) is 1. The van der Waals surface area contributed by atoms with E-state index in [0.717, 1.165) is 43.3 Å². The molecule has 1 atom stereocenters. The minimum absolute atomic E-state index is 0.814. The molecule has 0 aliphatic rings. The molecule has 176 valence electrons. The first-order valence-corrected chi connectivity index (χ1v) is 12.8. The molecule has 33 heavy (non-hydrogen) atoms. The fraction of sp³-hybridized carbons (Fsp3) is 0.310. The molecular formula is C29H38NO2P. The zero-order valence-electron chi connectivity index (χ0n) is 20.7. The third kappa shape index (κ3) is 9.04. The highest BCUT2D eigenvalue weighted by Crippen LogP contribution is 2.31. The Kier molecular flexibility index (Phi) is 12.3. The van der Waals surface area contributed by atoms with Crippen LogP contribution in [-0.2, 0) is 0 Å². The highest BCUT2D eigenvalue weighted by atomic mass is 31.1. The van der Waals surface area contributed by atoms with Crippen LogP contribution in [0.15, 0.2) is 66.3 Å². The fourth-order valence-electron chi connectivity index (χ4n) is 3.26. The molecule has 3 nitrogen and oxygen atoms in total. The monoisotopic (exact) mass is 463 g/mol. The molecule has 0 fully saturated rings. The van der Waals surface area contributed by atoms with Crippen molar-refractivity contribution in [2.75, 3.05) is 34.0 Å².